The summed E-state index contributed by atoms with van der Waals surface area (Å²) in [5.74, 6) is 0. The topological polar surface area (TPSA) is 34.1 Å². The maximum Gasteiger partial charge on any atom is 0.193 e. The Morgan fingerprint density at radius 1 is 1.11 bits per heavy atom. The Hall–Kier alpha value is -1.09. The molecule has 0 N–H and O–H groups in total. The van der Waals surface area contributed by atoms with E-state index in [1.807, 2.05) is 12.1 Å². The molecule has 3 heteroatoms. The van der Waals surface area contributed by atoms with E-state index in [-0.39, 0.29) is 5.12 Å². The number of carbonyl (C=O) groups is 2. The normalized spacial score (nSPS) is 10.3. The van der Waals surface area contributed by atoms with Crippen molar-refractivity contribution in [2.75, 3.05) is 0 Å². The zero-order valence-electron chi connectivity index (χ0n) is 10.9. The molecule has 0 spiro atoms. The number of hydrogen-bond acceptors (Lipinski definition) is 3. The first kappa shape index (κ1) is 15.0. The fourth-order valence-electron chi connectivity index (χ4n) is 1.67. The highest BCUT2D eigenvalue weighted by Crippen LogP contribution is 2.21. The van der Waals surface area contributed by atoms with Gasteiger partial charge in [0.2, 0.25) is 0 Å². The third-order valence-electron chi connectivity index (χ3n) is 2.73. The van der Waals surface area contributed by atoms with Crippen molar-refractivity contribution >= 4 is 23.2 Å². The fourth-order valence-corrected chi connectivity index (χ4v) is 2.45. The lowest BCUT2D eigenvalue weighted by atomic mass is 10.1. The van der Waals surface area contributed by atoms with Gasteiger partial charge in [-0.1, -0.05) is 56.5 Å². The van der Waals surface area contributed by atoms with E-state index in [1.165, 1.54) is 31.0 Å². The molecule has 0 radical (unpaired) electrons. The quantitative estimate of drug-likeness (QED) is 0.394. The zero-order chi connectivity index (χ0) is 13.2. The molecule has 0 aromatic heterocycles. The Balaban J connectivity index is 2.24. The van der Waals surface area contributed by atoms with Crippen LogP contribution in [0.2, 0.25) is 0 Å². The number of benzene rings is 1. The van der Waals surface area contributed by atoms with Gasteiger partial charge in [-0.05, 0) is 18.6 Å². The highest BCUT2D eigenvalue weighted by Gasteiger charge is 2.04. The van der Waals surface area contributed by atoms with Crippen molar-refractivity contribution in [1.29, 1.82) is 0 Å². The largest absolute Gasteiger partial charge is 0.298 e. The average Bonchev–Trinajstić information content (AvgIpc) is 2.39. The van der Waals surface area contributed by atoms with E-state index in [1.54, 1.807) is 12.1 Å². The Morgan fingerprint density at radius 3 is 2.39 bits per heavy atom. The van der Waals surface area contributed by atoms with E-state index in [4.69, 9.17) is 0 Å². The second kappa shape index (κ2) is 8.92. The molecule has 1 aromatic rings. The molecule has 0 fully saturated rings. The molecule has 0 saturated carbocycles. The SMILES string of the molecule is CCCCCCCC(=O)Sc1ccc(C=O)cc1. The fraction of sp³-hybridized carbons (Fsp3) is 0.467. The van der Waals surface area contributed by atoms with Crippen LogP contribution in [0.4, 0.5) is 0 Å². The minimum atomic E-state index is 0.213. The minimum Gasteiger partial charge on any atom is -0.298 e. The van der Waals surface area contributed by atoms with E-state index >= 15 is 0 Å². The molecule has 18 heavy (non-hydrogen) atoms. The Kier molecular flexibility index (Phi) is 7.42. The van der Waals surface area contributed by atoms with Gasteiger partial charge in [0, 0.05) is 16.9 Å². The van der Waals surface area contributed by atoms with Gasteiger partial charge in [0.15, 0.2) is 5.12 Å². The summed E-state index contributed by atoms with van der Waals surface area (Å²) in [5.41, 5.74) is 0.645. The van der Waals surface area contributed by atoms with Crippen LogP contribution < -0.4 is 0 Å². The predicted molar refractivity (Wildman–Crippen MR) is 76.1 cm³/mol. The van der Waals surface area contributed by atoms with Crippen LogP contribution in [0.3, 0.4) is 0 Å². The van der Waals surface area contributed by atoms with Crippen molar-refractivity contribution in [3.05, 3.63) is 29.8 Å². The van der Waals surface area contributed by atoms with Gasteiger partial charge < -0.3 is 0 Å². The first-order valence-electron chi connectivity index (χ1n) is 6.52. The van der Waals surface area contributed by atoms with Crippen molar-refractivity contribution < 1.29 is 9.59 Å². The summed E-state index contributed by atoms with van der Waals surface area (Å²) in [6, 6.07) is 7.13. The third kappa shape index (κ3) is 6.01. The van der Waals surface area contributed by atoms with E-state index < -0.39 is 0 Å². The maximum atomic E-state index is 11.7. The van der Waals surface area contributed by atoms with Crippen LogP contribution in [-0.4, -0.2) is 11.4 Å². The Morgan fingerprint density at radius 2 is 1.78 bits per heavy atom. The van der Waals surface area contributed by atoms with Crippen LogP contribution in [-0.2, 0) is 4.79 Å². The van der Waals surface area contributed by atoms with Crippen LogP contribution in [0.1, 0.15) is 55.8 Å². The van der Waals surface area contributed by atoms with Crippen molar-refractivity contribution in [3.8, 4) is 0 Å². The van der Waals surface area contributed by atoms with Gasteiger partial charge in [-0.15, -0.1) is 0 Å². The van der Waals surface area contributed by atoms with E-state index in [0.717, 1.165) is 24.0 Å². The second-order valence-corrected chi connectivity index (χ2v) is 5.46. The molecule has 0 atom stereocenters. The molecule has 0 heterocycles. The van der Waals surface area contributed by atoms with Crippen LogP contribution >= 0.6 is 11.8 Å². The van der Waals surface area contributed by atoms with Crippen LogP contribution in [0.5, 0.6) is 0 Å². The summed E-state index contributed by atoms with van der Waals surface area (Å²) >= 11 is 1.27. The first-order valence-corrected chi connectivity index (χ1v) is 7.34. The molecule has 0 aliphatic carbocycles. The second-order valence-electron chi connectivity index (χ2n) is 4.33. The monoisotopic (exact) mass is 264 g/mol. The summed E-state index contributed by atoms with van der Waals surface area (Å²) in [4.78, 5) is 23.1. The van der Waals surface area contributed by atoms with E-state index in [9.17, 15) is 9.59 Å². The Labute approximate surface area is 113 Å². The molecular weight excluding hydrogens is 244 g/mol. The van der Waals surface area contributed by atoms with Crippen molar-refractivity contribution in [1.82, 2.24) is 0 Å². The molecule has 0 unspecified atom stereocenters. The lowest BCUT2D eigenvalue weighted by molar-refractivity contribution is -0.111. The molecule has 0 aliphatic heterocycles. The molecule has 2 nitrogen and oxygen atoms in total. The Bertz CT molecular complexity index is 371. The van der Waals surface area contributed by atoms with Crippen LogP contribution in [0.25, 0.3) is 0 Å². The van der Waals surface area contributed by atoms with Crippen LogP contribution in [0, 0.1) is 0 Å². The standard InChI is InChI=1S/C15H20O2S/c1-2-3-4-5-6-7-15(17)18-14-10-8-13(12-16)9-11-14/h8-12H,2-7H2,1H3. The molecule has 0 bridgehead atoms. The molecule has 0 saturated heterocycles. The van der Waals surface area contributed by atoms with E-state index in [2.05, 4.69) is 6.92 Å². The summed E-state index contributed by atoms with van der Waals surface area (Å²) in [5, 5.41) is 0.213. The number of hydrogen-bond donors (Lipinski definition) is 0. The van der Waals surface area contributed by atoms with Crippen molar-refractivity contribution in [3.63, 3.8) is 0 Å². The van der Waals surface area contributed by atoms with Gasteiger partial charge >= 0.3 is 0 Å². The lowest BCUT2D eigenvalue weighted by Gasteiger charge is -2.01. The summed E-state index contributed by atoms with van der Waals surface area (Å²) < 4.78 is 0. The molecule has 0 aliphatic rings. The van der Waals surface area contributed by atoms with Gasteiger partial charge in [0.05, 0.1) is 0 Å². The molecule has 1 aromatic carbocycles. The number of thioether (sulfide) groups is 1. The smallest absolute Gasteiger partial charge is 0.193 e. The minimum absolute atomic E-state index is 0.213. The molecule has 1 rings (SSSR count). The average molecular weight is 264 g/mol. The lowest BCUT2D eigenvalue weighted by Crippen LogP contribution is -1.91. The van der Waals surface area contributed by atoms with Gasteiger partial charge in [-0.3, -0.25) is 9.59 Å². The van der Waals surface area contributed by atoms with Crippen LogP contribution in [0.15, 0.2) is 29.2 Å². The number of rotatable bonds is 8. The molecule has 98 valence electrons. The van der Waals surface area contributed by atoms with Gasteiger partial charge in [0.25, 0.3) is 0 Å². The van der Waals surface area contributed by atoms with Gasteiger partial charge in [-0.2, -0.15) is 0 Å². The van der Waals surface area contributed by atoms with Gasteiger partial charge in [0.1, 0.15) is 6.29 Å². The van der Waals surface area contributed by atoms with Crippen molar-refractivity contribution in [2.24, 2.45) is 0 Å². The third-order valence-corrected chi connectivity index (χ3v) is 3.67. The highest BCUT2D eigenvalue weighted by molar-refractivity contribution is 8.13. The number of aldehydes is 1. The van der Waals surface area contributed by atoms with Gasteiger partial charge in [-0.25, -0.2) is 0 Å². The number of carbonyl (C=O) groups excluding carboxylic acids is 2. The molecule has 0 amide bonds. The number of unbranched alkanes of at least 4 members (excludes halogenated alkanes) is 4. The zero-order valence-corrected chi connectivity index (χ0v) is 11.7. The molecular formula is C15H20O2S. The summed E-state index contributed by atoms with van der Waals surface area (Å²) in [7, 11) is 0. The predicted octanol–water partition coefficient (Wildman–Crippen LogP) is 4.48. The van der Waals surface area contributed by atoms with E-state index in [0.29, 0.717) is 12.0 Å². The summed E-state index contributed by atoms with van der Waals surface area (Å²) in [6.45, 7) is 2.18. The first-order chi connectivity index (χ1) is 8.76. The highest BCUT2D eigenvalue weighted by atomic mass is 32.2. The van der Waals surface area contributed by atoms with Crippen molar-refractivity contribution in [2.45, 2.75) is 50.3 Å². The summed E-state index contributed by atoms with van der Waals surface area (Å²) in [6.07, 6.45) is 7.29. The maximum absolute atomic E-state index is 11.7.